The van der Waals surface area contributed by atoms with Crippen LogP contribution in [0.25, 0.3) is 5.69 Å². The first-order valence-electron chi connectivity index (χ1n) is 9.17. The third kappa shape index (κ3) is 3.57. The fourth-order valence-corrected chi connectivity index (χ4v) is 4.47. The molecule has 1 aliphatic heterocycles. The first-order valence-corrected chi connectivity index (χ1v) is 10.7. The van der Waals surface area contributed by atoms with Gasteiger partial charge in [0.1, 0.15) is 0 Å². The van der Waals surface area contributed by atoms with Crippen molar-refractivity contribution >= 4 is 21.7 Å². The number of rotatable bonds is 5. The van der Waals surface area contributed by atoms with Gasteiger partial charge in [-0.1, -0.05) is 0 Å². The summed E-state index contributed by atoms with van der Waals surface area (Å²) in [6, 6.07) is 8.36. The zero-order valence-electron chi connectivity index (χ0n) is 15.8. The van der Waals surface area contributed by atoms with E-state index in [1.807, 2.05) is 6.07 Å². The smallest absolute Gasteiger partial charge is 0.262 e. The summed E-state index contributed by atoms with van der Waals surface area (Å²) in [7, 11) is -3.75. The van der Waals surface area contributed by atoms with E-state index in [1.54, 1.807) is 55.2 Å². The molecular weight excluding hydrogens is 376 g/mol. The normalized spacial score (nSPS) is 14.4. The summed E-state index contributed by atoms with van der Waals surface area (Å²) in [5.74, 6) is 0.666. The Morgan fingerprint density at radius 1 is 1.00 bits per heavy atom. The number of hydrogen-bond acceptors (Lipinski definition) is 6. The van der Waals surface area contributed by atoms with Gasteiger partial charge >= 0.3 is 0 Å². The maximum atomic E-state index is 12.8. The predicted molar refractivity (Wildman–Crippen MR) is 107 cm³/mol. The highest BCUT2D eigenvalue weighted by molar-refractivity contribution is 7.92. The molecule has 1 N–H and O–H groups in total. The molecule has 3 aromatic rings. The maximum Gasteiger partial charge on any atom is 0.262 e. The van der Waals surface area contributed by atoms with Gasteiger partial charge in [-0.05, 0) is 57.0 Å². The predicted octanol–water partition coefficient (Wildman–Crippen LogP) is 2.68. The number of anilines is 2. The van der Waals surface area contributed by atoms with Crippen molar-refractivity contribution in [1.29, 1.82) is 0 Å². The third-order valence-corrected chi connectivity index (χ3v) is 6.17. The molecule has 28 heavy (non-hydrogen) atoms. The molecule has 0 saturated carbocycles. The standard InChI is InChI=1S/C19H22N6O2S/c1-14-18(15(2)22-19(21-14)24-11-3-4-12-24)23-28(26,27)17-8-6-16(7-9-17)25-13-5-10-20-25/h5-10,13,23H,3-4,11-12H2,1-2H3. The molecule has 2 aromatic heterocycles. The van der Waals surface area contributed by atoms with Crippen LogP contribution >= 0.6 is 0 Å². The molecular formula is C19H22N6O2S. The average Bonchev–Trinajstić information content (AvgIpc) is 3.38. The Morgan fingerprint density at radius 2 is 1.64 bits per heavy atom. The maximum absolute atomic E-state index is 12.8. The van der Waals surface area contributed by atoms with Gasteiger partial charge in [0, 0.05) is 25.5 Å². The minimum absolute atomic E-state index is 0.172. The molecule has 1 saturated heterocycles. The van der Waals surface area contributed by atoms with E-state index in [4.69, 9.17) is 0 Å². The lowest BCUT2D eigenvalue weighted by molar-refractivity contribution is 0.601. The van der Waals surface area contributed by atoms with Gasteiger partial charge in [0.25, 0.3) is 10.0 Å². The highest BCUT2D eigenvalue weighted by atomic mass is 32.2. The Labute approximate surface area is 164 Å². The molecule has 8 nitrogen and oxygen atoms in total. The number of benzene rings is 1. The third-order valence-electron chi connectivity index (χ3n) is 4.80. The largest absolute Gasteiger partial charge is 0.341 e. The van der Waals surface area contributed by atoms with Gasteiger partial charge in [-0.3, -0.25) is 4.72 Å². The van der Waals surface area contributed by atoms with E-state index in [2.05, 4.69) is 24.7 Å². The van der Waals surface area contributed by atoms with Crippen molar-refractivity contribution in [3.05, 3.63) is 54.1 Å². The van der Waals surface area contributed by atoms with Gasteiger partial charge in [0.2, 0.25) is 5.95 Å². The molecule has 1 aromatic carbocycles. The fourth-order valence-electron chi connectivity index (χ4n) is 3.30. The van der Waals surface area contributed by atoms with Gasteiger partial charge in [-0.15, -0.1) is 0 Å². The van der Waals surface area contributed by atoms with E-state index < -0.39 is 10.0 Å². The SMILES string of the molecule is Cc1nc(N2CCCC2)nc(C)c1NS(=O)(=O)c1ccc(-n2cccn2)cc1. The van der Waals surface area contributed by atoms with Gasteiger partial charge in [-0.25, -0.2) is 23.1 Å². The van der Waals surface area contributed by atoms with Crippen molar-refractivity contribution in [2.75, 3.05) is 22.7 Å². The number of sulfonamides is 1. The summed E-state index contributed by atoms with van der Waals surface area (Å²) in [5, 5.41) is 4.14. The Bertz CT molecular complexity index is 1050. The molecule has 146 valence electrons. The molecule has 1 aliphatic rings. The number of hydrogen-bond donors (Lipinski definition) is 1. The van der Waals surface area contributed by atoms with Crippen LogP contribution in [0.3, 0.4) is 0 Å². The summed E-state index contributed by atoms with van der Waals surface area (Å²) in [5.41, 5.74) is 2.45. The molecule has 3 heterocycles. The van der Waals surface area contributed by atoms with Crippen molar-refractivity contribution in [3.8, 4) is 5.69 Å². The first kappa shape index (κ1) is 18.4. The van der Waals surface area contributed by atoms with Crippen LogP contribution in [0.4, 0.5) is 11.6 Å². The molecule has 0 amide bonds. The van der Waals surface area contributed by atoms with Gasteiger partial charge in [-0.2, -0.15) is 5.10 Å². The second-order valence-corrected chi connectivity index (χ2v) is 8.50. The second kappa shape index (κ2) is 7.23. The quantitative estimate of drug-likeness (QED) is 0.710. The van der Waals surface area contributed by atoms with E-state index in [1.165, 1.54) is 0 Å². The zero-order valence-corrected chi connectivity index (χ0v) is 16.6. The fraction of sp³-hybridized carbons (Fsp3) is 0.316. The number of nitrogens with zero attached hydrogens (tertiary/aromatic N) is 5. The number of nitrogens with one attached hydrogen (secondary N) is 1. The highest BCUT2D eigenvalue weighted by Gasteiger charge is 2.21. The highest BCUT2D eigenvalue weighted by Crippen LogP contribution is 2.25. The molecule has 0 bridgehead atoms. The van der Waals surface area contributed by atoms with E-state index >= 15 is 0 Å². The van der Waals surface area contributed by atoms with Crippen LogP contribution < -0.4 is 9.62 Å². The minimum Gasteiger partial charge on any atom is -0.341 e. The Balaban J connectivity index is 1.59. The van der Waals surface area contributed by atoms with Crippen LogP contribution in [-0.2, 0) is 10.0 Å². The summed E-state index contributed by atoms with van der Waals surface area (Å²) < 4.78 is 30.0. The molecule has 0 spiro atoms. The van der Waals surface area contributed by atoms with E-state index in [0.29, 0.717) is 23.0 Å². The Kier molecular flexibility index (Phi) is 4.76. The van der Waals surface area contributed by atoms with E-state index in [0.717, 1.165) is 31.6 Å². The van der Waals surface area contributed by atoms with Crippen LogP contribution in [0.2, 0.25) is 0 Å². The average molecular weight is 398 g/mol. The minimum atomic E-state index is -3.75. The lowest BCUT2D eigenvalue weighted by Crippen LogP contribution is -2.22. The molecule has 1 fully saturated rings. The van der Waals surface area contributed by atoms with Crippen molar-refractivity contribution in [2.24, 2.45) is 0 Å². The number of aryl methyl sites for hydroxylation is 2. The molecule has 0 unspecified atom stereocenters. The topological polar surface area (TPSA) is 93.0 Å². The van der Waals surface area contributed by atoms with Crippen molar-refractivity contribution in [1.82, 2.24) is 19.7 Å². The van der Waals surface area contributed by atoms with Crippen LogP contribution in [0.15, 0.2) is 47.6 Å². The monoisotopic (exact) mass is 398 g/mol. The lowest BCUT2D eigenvalue weighted by Gasteiger charge is -2.19. The first-order chi connectivity index (χ1) is 13.4. The second-order valence-electron chi connectivity index (χ2n) is 6.81. The molecule has 0 radical (unpaired) electrons. The van der Waals surface area contributed by atoms with Crippen molar-refractivity contribution in [3.63, 3.8) is 0 Å². The van der Waals surface area contributed by atoms with Crippen LogP contribution in [0, 0.1) is 13.8 Å². The van der Waals surface area contributed by atoms with Gasteiger partial charge in [0.15, 0.2) is 0 Å². The molecule has 0 atom stereocenters. The van der Waals surface area contributed by atoms with Crippen molar-refractivity contribution < 1.29 is 8.42 Å². The van der Waals surface area contributed by atoms with E-state index in [9.17, 15) is 8.42 Å². The lowest BCUT2D eigenvalue weighted by atomic mass is 10.3. The molecule has 0 aliphatic carbocycles. The van der Waals surface area contributed by atoms with Crippen LogP contribution in [-0.4, -0.2) is 41.3 Å². The van der Waals surface area contributed by atoms with Crippen molar-refractivity contribution in [2.45, 2.75) is 31.6 Å². The summed E-state index contributed by atoms with van der Waals surface area (Å²) in [6.07, 6.45) is 5.73. The van der Waals surface area contributed by atoms with E-state index in [-0.39, 0.29) is 4.90 Å². The van der Waals surface area contributed by atoms with Crippen LogP contribution in [0.1, 0.15) is 24.2 Å². The Morgan fingerprint density at radius 3 is 2.21 bits per heavy atom. The molecule has 4 rings (SSSR count). The van der Waals surface area contributed by atoms with Gasteiger partial charge in [0.05, 0.1) is 27.7 Å². The zero-order chi connectivity index (χ0) is 19.7. The van der Waals surface area contributed by atoms with Crippen LogP contribution in [0.5, 0.6) is 0 Å². The van der Waals surface area contributed by atoms with Gasteiger partial charge < -0.3 is 4.90 Å². The summed E-state index contributed by atoms with van der Waals surface area (Å²) >= 11 is 0. The molecule has 9 heteroatoms. The summed E-state index contributed by atoms with van der Waals surface area (Å²) in [4.78, 5) is 11.3. The Hall–Kier alpha value is -2.94. The summed E-state index contributed by atoms with van der Waals surface area (Å²) in [6.45, 7) is 5.47. The number of aromatic nitrogens is 4.